The molecule has 0 saturated heterocycles. The molecule has 19 heavy (non-hydrogen) atoms. The molecule has 2 N–H and O–H groups in total. The average Bonchev–Trinajstić information content (AvgIpc) is 2.74. The predicted octanol–water partition coefficient (Wildman–Crippen LogP) is 4.11. The van der Waals surface area contributed by atoms with Crippen LogP contribution in [-0.4, -0.2) is 16.1 Å². The van der Waals surface area contributed by atoms with Crippen LogP contribution in [0.2, 0.25) is 5.02 Å². The summed E-state index contributed by atoms with van der Waals surface area (Å²) in [5.74, 6) is 1.55. The van der Waals surface area contributed by atoms with Gasteiger partial charge in [-0.15, -0.1) is 0 Å². The summed E-state index contributed by atoms with van der Waals surface area (Å²) >= 11 is 6.06. The Balaban J connectivity index is 2.49. The fourth-order valence-corrected chi connectivity index (χ4v) is 2.70. The standard InChI is InChI=1S/C15H22ClN3/c1-10(2)19-14-7-6-12(16)9-13(14)18-15(19)11(3)5-4-8-17/h6-7,9-11H,4-5,8,17H2,1-3H3. The summed E-state index contributed by atoms with van der Waals surface area (Å²) in [5, 5.41) is 0.738. The molecule has 1 atom stereocenters. The number of halogens is 1. The minimum absolute atomic E-state index is 0.390. The maximum Gasteiger partial charge on any atom is 0.112 e. The van der Waals surface area contributed by atoms with Crippen molar-refractivity contribution in [1.82, 2.24) is 9.55 Å². The van der Waals surface area contributed by atoms with Gasteiger partial charge in [0.05, 0.1) is 11.0 Å². The van der Waals surface area contributed by atoms with Crippen molar-refractivity contribution in [2.45, 2.75) is 45.6 Å². The minimum Gasteiger partial charge on any atom is -0.330 e. The molecule has 0 aliphatic heterocycles. The van der Waals surface area contributed by atoms with Gasteiger partial charge in [0, 0.05) is 17.0 Å². The smallest absolute Gasteiger partial charge is 0.112 e. The lowest BCUT2D eigenvalue weighted by Crippen LogP contribution is -2.10. The van der Waals surface area contributed by atoms with Gasteiger partial charge in [-0.2, -0.15) is 0 Å². The second kappa shape index (κ2) is 5.93. The summed E-state index contributed by atoms with van der Waals surface area (Å²) in [5.41, 5.74) is 7.75. The Bertz CT molecular complexity index is 560. The molecule has 0 amide bonds. The lowest BCUT2D eigenvalue weighted by atomic mass is 10.0. The topological polar surface area (TPSA) is 43.8 Å². The van der Waals surface area contributed by atoms with E-state index in [-0.39, 0.29) is 0 Å². The van der Waals surface area contributed by atoms with E-state index < -0.39 is 0 Å². The van der Waals surface area contributed by atoms with Crippen molar-refractivity contribution < 1.29 is 0 Å². The Morgan fingerprint density at radius 2 is 2.05 bits per heavy atom. The molecular formula is C15H22ClN3. The molecule has 4 heteroatoms. The number of nitrogens with zero attached hydrogens (tertiary/aromatic N) is 2. The van der Waals surface area contributed by atoms with Gasteiger partial charge in [-0.1, -0.05) is 18.5 Å². The summed E-state index contributed by atoms with van der Waals surface area (Å²) in [7, 11) is 0. The predicted molar refractivity (Wildman–Crippen MR) is 81.8 cm³/mol. The van der Waals surface area contributed by atoms with Gasteiger partial charge in [-0.3, -0.25) is 0 Å². The number of imidazole rings is 1. The lowest BCUT2D eigenvalue weighted by molar-refractivity contribution is 0.526. The highest BCUT2D eigenvalue weighted by Gasteiger charge is 2.18. The van der Waals surface area contributed by atoms with Crippen molar-refractivity contribution in [3.63, 3.8) is 0 Å². The molecule has 0 radical (unpaired) electrons. The molecule has 1 unspecified atom stereocenters. The number of benzene rings is 1. The first-order chi connectivity index (χ1) is 9.04. The van der Waals surface area contributed by atoms with Crippen LogP contribution in [0.4, 0.5) is 0 Å². The molecule has 2 aromatic rings. The SMILES string of the molecule is CC(CCCN)c1nc2cc(Cl)ccc2n1C(C)C. The fourth-order valence-electron chi connectivity index (χ4n) is 2.53. The summed E-state index contributed by atoms with van der Waals surface area (Å²) in [6.45, 7) is 7.33. The van der Waals surface area contributed by atoms with E-state index in [0.29, 0.717) is 12.0 Å². The normalized spacial score (nSPS) is 13.4. The first-order valence-electron chi connectivity index (χ1n) is 6.92. The van der Waals surface area contributed by atoms with Gasteiger partial charge in [-0.25, -0.2) is 4.98 Å². The number of hydrogen-bond donors (Lipinski definition) is 1. The van der Waals surface area contributed by atoms with Gasteiger partial charge in [0.25, 0.3) is 0 Å². The van der Waals surface area contributed by atoms with Crippen LogP contribution in [0.5, 0.6) is 0 Å². The Kier molecular flexibility index (Phi) is 4.48. The van der Waals surface area contributed by atoms with E-state index in [1.54, 1.807) is 0 Å². The Morgan fingerprint density at radius 3 is 2.68 bits per heavy atom. The van der Waals surface area contributed by atoms with Crippen LogP contribution >= 0.6 is 11.6 Å². The van der Waals surface area contributed by atoms with Gasteiger partial charge < -0.3 is 10.3 Å². The van der Waals surface area contributed by atoms with Crippen LogP contribution in [0.25, 0.3) is 11.0 Å². The van der Waals surface area contributed by atoms with E-state index in [2.05, 4.69) is 31.4 Å². The lowest BCUT2D eigenvalue weighted by Gasteiger charge is -2.17. The van der Waals surface area contributed by atoms with Crippen LogP contribution in [0.1, 0.15) is 51.4 Å². The molecule has 1 heterocycles. The van der Waals surface area contributed by atoms with Crippen LogP contribution in [0.15, 0.2) is 18.2 Å². The number of rotatable bonds is 5. The molecule has 0 fully saturated rings. The second-order valence-corrected chi connectivity index (χ2v) is 5.84. The van der Waals surface area contributed by atoms with Crippen molar-refractivity contribution in [1.29, 1.82) is 0 Å². The van der Waals surface area contributed by atoms with Gasteiger partial charge >= 0.3 is 0 Å². The minimum atomic E-state index is 0.390. The van der Waals surface area contributed by atoms with Crippen molar-refractivity contribution in [3.8, 4) is 0 Å². The number of hydrogen-bond acceptors (Lipinski definition) is 2. The summed E-state index contributed by atoms with van der Waals surface area (Å²) < 4.78 is 2.31. The molecule has 0 aliphatic carbocycles. The molecule has 0 saturated carbocycles. The van der Waals surface area contributed by atoms with Gasteiger partial charge in [0.1, 0.15) is 5.82 Å². The first kappa shape index (κ1) is 14.4. The fraction of sp³-hybridized carbons (Fsp3) is 0.533. The monoisotopic (exact) mass is 279 g/mol. The van der Waals surface area contributed by atoms with E-state index in [4.69, 9.17) is 22.3 Å². The third-order valence-electron chi connectivity index (χ3n) is 3.48. The number of fused-ring (bicyclic) bond motifs is 1. The van der Waals surface area contributed by atoms with Crippen molar-refractivity contribution >= 4 is 22.6 Å². The molecule has 1 aromatic carbocycles. The van der Waals surface area contributed by atoms with Gasteiger partial charge in [-0.05, 0) is 51.4 Å². The van der Waals surface area contributed by atoms with E-state index >= 15 is 0 Å². The van der Waals surface area contributed by atoms with E-state index in [1.807, 2.05) is 12.1 Å². The zero-order valence-electron chi connectivity index (χ0n) is 11.9. The first-order valence-corrected chi connectivity index (χ1v) is 7.29. The Hall–Kier alpha value is -1.06. The summed E-state index contributed by atoms with van der Waals surface area (Å²) in [6.07, 6.45) is 2.10. The van der Waals surface area contributed by atoms with Crippen molar-refractivity contribution in [2.24, 2.45) is 5.73 Å². The maximum atomic E-state index is 6.06. The van der Waals surface area contributed by atoms with Gasteiger partial charge in [0.15, 0.2) is 0 Å². The molecule has 0 spiro atoms. The second-order valence-electron chi connectivity index (χ2n) is 5.40. The summed E-state index contributed by atoms with van der Waals surface area (Å²) in [4.78, 5) is 4.79. The number of aromatic nitrogens is 2. The molecular weight excluding hydrogens is 258 g/mol. The van der Waals surface area contributed by atoms with E-state index in [0.717, 1.165) is 41.3 Å². The highest BCUT2D eigenvalue weighted by Crippen LogP contribution is 2.29. The third-order valence-corrected chi connectivity index (χ3v) is 3.71. The zero-order chi connectivity index (χ0) is 14.0. The average molecular weight is 280 g/mol. The molecule has 0 bridgehead atoms. The molecule has 2 rings (SSSR count). The molecule has 0 aliphatic rings. The van der Waals surface area contributed by atoms with Gasteiger partial charge in [0.2, 0.25) is 0 Å². The van der Waals surface area contributed by atoms with Crippen molar-refractivity contribution in [2.75, 3.05) is 6.54 Å². The van der Waals surface area contributed by atoms with Crippen LogP contribution in [0.3, 0.4) is 0 Å². The third kappa shape index (κ3) is 2.93. The maximum absolute atomic E-state index is 6.06. The quantitative estimate of drug-likeness (QED) is 0.895. The molecule has 104 valence electrons. The Morgan fingerprint density at radius 1 is 1.32 bits per heavy atom. The molecule has 1 aromatic heterocycles. The van der Waals surface area contributed by atoms with E-state index in [9.17, 15) is 0 Å². The van der Waals surface area contributed by atoms with Crippen LogP contribution < -0.4 is 5.73 Å². The number of nitrogens with two attached hydrogens (primary N) is 1. The molecule has 3 nitrogen and oxygen atoms in total. The van der Waals surface area contributed by atoms with E-state index in [1.165, 1.54) is 0 Å². The van der Waals surface area contributed by atoms with Crippen molar-refractivity contribution in [3.05, 3.63) is 29.0 Å². The van der Waals surface area contributed by atoms with Crippen LogP contribution in [-0.2, 0) is 0 Å². The highest BCUT2D eigenvalue weighted by atomic mass is 35.5. The Labute approximate surface area is 119 Å². The highest BCUT2D eigenvalue weighted by molar-refractivity contribution is 6.31. The summed E-state index contributed by atoms with van der Waals surface area (Å²) in [6, 6.07) is 6.32. The zero-order valence-corrected chi connectivity index (χ0v) is 12.6. The van der Waals surface area contributed by atoms with Crippen LogP contribution in [0, 0.1) is 0 Å². The largest absolute Gasteiger partial charge is 0.330 e.